The Balaban J connectivity index is 1.40. The fourth-order valence-electron chi connectivity index (χ4n) is 4.35. The number of phenolic OH excluding ortho intramolecular Hbond substituents is 1. The van der Waals surface area contributed by atoms with Gasteiger partial charge in [0.2, 0.25) is 0 Å². The van der Waals surface area contributed by atoms with Gasteiger partial charge in [0.15, 0.2) is 5.78 Å². The summed E-state index contributed by atoms with van der Waals surface area (Å²) in [7, 11) is 0. The summed E-state index contributed by atoms with van der Waals surface area (Å²) in [5, 5.41) is 25.5. The van der Waals surface area contributed by atoms with Gasteiger partial charge in [-0.1, -0.05) is 6.07 Å². The van der Waals surface area contributed by atoms with E-state index in [1.807, 2.05) is 13.0 Å². The van der Waals surface area contributed by atoms with Crippen molar-refractivity contribution in [2.24, 2.45) is 0 Å². The summed E-state index contributed by atoms with van der Waals surface area (Å²) >= 11 is 0. The second-order valence-electron chi connectivity index (χ2n) is 8.68. The molecule has 0 saturated heterocycles. The van der Waals surface area contributed by atoms with Crippen molar-refractivity contribution in [3.05, 3.63) is 107 Å². The number of aromatic nitrogens is 2. The van der Waals surface area contributed by atoms with E-state index in [9.17, 15) is 19.5 Å². The number of carbonyl (C=O) groups excluding carboxylic acids is 3. The van der Waals surface area contributed by atoms with Crippen LogP contribution in [0.5, 0.6) is 5.75 Å². The van der Waals surface area contributed by atoms with Gasteiger partial charge in [-0.05, 0) is 73.7 Å². The van der Waals surface area contributed by atoms with E-state index in [0.717, 1.165) is 0 Å². The fraction of sp³-hybridized carbons (Fsp3) is 0.107. The van der Waals surface area contributed by atoms with Crippen molar-refractivity contribution in [1.29, 1.82) is 5.26 Å². The van der Waals surface area contributed by atoms with Crippen LogP contribution >= 0.6 is 0 Å². The van der Waals surface area contributed by atoms with E-state index in [0.29, 0.717) is 34.6 Å². The van der Waals surface area contributed by atoms with E-state index in [1.54, 1.807) is 65.6 Å². The summed E-state index contributed by atoms with van der Waals surface area (Å²) in [6, 6.07) is 20.9. The second kappa shape index (κ2) is 9.43. The van der Waals surface area contributed by atoms with Gasteiger partial charge < -0.3 is 15.3 Å². The number of phenols is 1. The van der Waals surface area contributed by atoms with Gasteiger partial charge in [0.25, 0.3) is 11.8 Å². The lowest BCUT2D eigenvalue weighted by molar-refractivity contribution is 0.0933. The molecule has 1 aliphatic rings. The van der Waals surface area contributed by atoms with Gasteiger partial charge in [0, 0.05) is 22.5 Å². The first-order valence-corrected chi connectivity index (χ1v) is 11.5. The number of hydrogen-bond acceptors (Lipinski definition) is 6. The van der Waals surface area contributed by atoms with Crippen molar-refractivity contribution < 1.29 is 19.5 Å². The van der Waals surface area contributed by atoms with Crippen LogP contribution in [0.3, 0.4) is 0 Å². The van der Waals surface area contributed by atoms with Crippen molar-refractivity contribution in [3.63, 3.8) is 0 Å². The minimum absolute atomic E-state index is 0.0764. The number of hydrogen-bond donors (Lipinski definition) is 2. The summed E-state index contributed by atoms with van der Waals surface area (Å²) in [6.07, 6.45) is 1.37. The molecular weight excluding hydrogens is 470 g/mol. The van der Waals surface area contributed by atoms with Gasteiger partial charge in [0.1, 0.15) is 11.4 Å². The fourth-order valence-corrected chi connectivity index (χ4v) is 4.35. The number of ketones is 1. The molecule has 2 amide bonds. The van der Waals surface area contributed by atoms with Crippen LogP contribution in [0.15, 0.2) is 79.0 Å². The molecular formula is C28H21N5O4. The van der Waals surface area contributed by atoms with Crippen molar-refractivity contribution in [2.75, 3.05) is 10.2 Å². The molecule has 182 valence electrons. The van der Waals surface area contributed by atoms with Gasteiger partial charge in [-0.2, -0.15) is 10.4 Å². The average molecular weight is 492 g/mol. The van der Waals surface area contributed by atoms with Gasteiger partial charge in [-0.25, -0.2) is 0 Å². The third-order valence-corrected chi connectivity index (χ3v) is 6.17. The second-order valence-corrected chi connectivity index (χ2v) is 8.68. The Morgan fingerprint density at radius 2 is 1.73 bits per heavy atom. The zero-order valence-electron chi connectivity index (χ0n) is 19.8. The summed E-state index contributed by atoms with van der Waals surface area (Å²) in [5.74, 6) is -1.02. The summed E-state index contributed by atoms with van der Waals surface area (Å²) < 4.78 is 1.52. The summed E-state index contributed by atoms with van der Waals surface area (Å²) in [5.41, 5.74) is 2.59. The molecule has 37 heavy (non-hydrogen) atoms. The van der Waals surface area contributed by atoms with Gasteiger partial charge in [0.05, 0.1) is 36.0 Å². The molecule has 0 saturated carbocycles. The Kier molecular flexibility index (Phi) is 5.99. The van der Waals surface area contributed by atoms with Crippen LogP contribution in [-0.2, 0) is 6.54 Å². The highest BCUT2D eigenvalue weighted by Gasteiger charge is 2.35. The summed E-state index contributed by atoms with van der Waals surface area (Å²) in [6.45, 7) is 2.26. The normalized spacial score (nSPS) is 14.5. The molecule has 1 aliphatic heterocycles. The molecule has 2 N–H and O–H groups in total. The van der Waals surface area contributed by atoms with E-state index >= 15 is 0 Å². The Hall–Kier alpha value is -5.23. The molecule has 0 radical (unpaired) electrons. The summed E-state index contributed by atoms with van der Waals surface area (Å²) in [4.78, 5) is 41.0. The maximum absolute atomic E-state index is 13.6. The monoisotopic (exact) mass is 491 g/mol. The Morgan fingerprint density at radius 1 is 1.05 bits per heavy atom. The van der Waals surface area contributed by atoms with Crippen LogP contribution in [-0.4, -0.2) is 38.5 Å². The third kappa shape index (κ3) is 4.44. The molecule has 4 aromatic rings. The first-order chi connectivity index (χ1) is 17.9. The largest absolute Gasteiger partial charge is 0.508 e. The standard InChI is InChI=1S/C28H21N5O4/c1-17-16-32-25(24(15-30-32)27(36)31-21-4-2-3-18(13-21)14-29)28(37)33(17)22-9-5-19(6-10-22)26(35)20-7-11-23(34)12-8-20/h2-13,15,17,34H,16H2,1H3,(H,31,36)/t17-/m0/s1. The van der Waals surface area contributed by atoms with Crippen LogP contribution in [0, 0.1) is 11.3 Å². The molecule has 9 heteroatoms. The number of benzene rings is 3. The smallest absolute Gasteiger partial charge is 0.277 e. The molecule has 0 bridgehead atoms. The Bertz CT molecular complexity index is 1570. The van der Waals surface area contributed by atoms with Crippen LogP contribution in [0.25, 0.3) is 0 Å². The average Bonchev–Trinajstić information content (AvgIpc) is 3.33. The number of amides is 2. The number of nitrogens with one attached hydrogen (secondary N) is 1. The lowest BCUT2D eigenvalue weighted by Gasteiger charge is -2.34. The number of aromatic hydroxyl groups is 1. The van der Waals surface area contributed by atoms with Gasteiger partial charge in [-0.15, -0.1) is 0 Å². The number of nitriles is 1. The van der Waals surface area contributed by atoms with Crippen LogP contribution in [0.4, 0.5) is 11.4 Å². The maximum atomic E-state index is 13.6. The number of anilines is 2. The Labute approximate surface area is 212 Å². The zero-order valence-corrected chi connectivity index (χ0v) is 19.8. The van der Waals surface area contributed by atoms with Crippen molar-refractivity contribution in [1.82, 2.24) is 9.78 Å². The highest BCUT2D eigenvalue weighted by Crippen LogP contribution is 2.28. The van der Waals surface area contributed by atoms with Crippen LogP contribution in [0.1, 0.15) is 49.3 Å². The lowest BCUT2D eigenvalue weighted by Crippen LogP contribution is -2.47. The third-order valence-electron chi connectivity index (χ3n) is 6.17. The van der Waals surface area contributed by atoms with E-state index < -0.39 is 5.91 Å². The molecule has 5 rings (SSSR count). The maximum Gasteiger partial charge on any atom is 0.277 e. The highest BCUT2D eigenvalue weighted by atomic mass is 16.3. The minimum atomic E-state index is -0.506. The van der Waals surface area contributed by atoms with Gasteiger partial charge in [-0.3, -0.25) is 19.1 Å². The molecule has 2 heterocycles. The quantitative estimate of drug-likeness (QED) is 0.406. The molecule has 1 atom stereocenters. The molecule has 1 aromatic heterocycles. The minimum Gasteiger partial charge on any atom is -0.508 e. The van der Waals surface area contributed by atoms with E-state index in [1.165, 1.54) is 23.0 Å². The first kappa shape index (κ1) is 23.5. The number of nitrogens with zero attached hydrogens (tertiary/aromatic N) is 4. The number of carbonyl (C=O) groups is 3. The van der Waals surface area contributed by atoms with E-state index in [-0.39, 0.29) is 34.7 Å². The molecule has 0 fully saturated rings. The van der Waals surface area contributed by atoms with Gasteiger partial charge >= 0.3 is 0 Å². The van der Waals surface area contributed by atoms with E-state index in [2.05, 4.69) is 10.4 Å². The first-order valence-electron chi connectivity index (χ1n) is 11.5. The predicted molar refractivity (Wildman–Crippen MR) is 136 cm³/mol. The van der Waals surface area contributed by atoms with Crippen molar-refractivity contribution in [2.45, 2.75) is 19.5 Å². The molecule has 0 unspecified atom stereocenters. The lowest BCUT2D eigenvalue weighted by atomic mass is 10.0. The van der Waals surface area contributed by atoms with Crippen LogP contribution in [0.2, 0.25) is 0 Å². The Morgan fingerprint density at radius 3 is 2.41 bits per heavy atom. The topological polar surface area (TPSA) is 128 Å². The predicted octanol–water partition coefficient (Wildman–Crippen LogP) is 3.99. The number of rotatable bonds is 5. The van der Waals surface area contributed by atoms with Crippen molar-refractivity contribution >= 4 is 29.0 Å². The molecule has 3 aromatic carbocycles. The molecule has 0 aliphatic carbocycles. The van der Waals surface area contributed by atoms with Crippen LogP contribution < -0.4 is 10.2 Å². The highest BCUT2D eigenvalue weighted by molar-refractivity contribution is 6.16. The molecule has 0 spiro atoms. The van der Waals surface area contributed by atoms with E-state index in [4.69, 9.17) is 5.26 Å². The SMILES string of the molecule is C[C@H]1Cn2ncc(C(=O)Nc3cccc(C#N)c3)c2C(=O)N1c1ccc(C(=O)c2ccc(O)cc2)cc1. The number of fused-ring (bicyclic) bond motifs is 1. The zero-order chi connectivity index (χ0) is 26.1. The molecule has 9 nitrogen and oxygen atoms in total. The van der Waals surface area contributed by atoms with Crippen molar-refractivity contribution in [3.8, 4) is 11.8 Å².